The lowest BCUT2D eigenvalue weighted by atomic mass is 10.1. The van der Waals surface area contributed by atoms with Crippen LogP contribution in [0.5, 0.6) is 11.5 Å². The summed E-state index contributed by atoms with van der Waals surface area (Å²) in [6.45, 7) is 1.84. The van der Waals surface area contributed by atoms with Gasteiger partial charge in [0.25, 0.3) is 5.91 Å². The van der Waals surface area contributed by atoms with Crippen molar-refractivity contribution in [1.29, 1.82) is 0 Å². The molecule has 0 unspecified atom stereocenters. The molecule has 156 valence electrons. The summed E-state index contributed by atoms with van der Waals surface area (Å²) in [7, 11) is 2.72. The molecule has 1 aliphatic heterocycles. The van der Waals surface area contributed by atoms with Gasteiger partial charge in [-0.2, -0.15) is 0 Å². The fourth-order valence-corrected chi connectivity index (χ4v) is 3.44. The molecule has 1 amide bonds. The van der Waals surface area contributed by atoms with E-state index in [0.29, 0.717) is 17.0 Å². The van der Waals surface area contributed by atoms with Crippen LogP contribution in [0.1, 0.15) is 18.1 Å². The van der Waals surface area contributed by atoms with E-state index >= 15 is 0 Å². The molecule has 8 heteroatoms. The van der Waals surface area contributed by atoms with E-state index in [4.69, 9.17) is 21.7 Å². The van der Waals surface area contributed by atoms with Crippen LogP contribution < -0.4 is 9.64 Å². The van der Waals surface area contributed by atoms with Gasteiger partial charge in [0.1, 0.15) is 12.2 Å². The number of nitrogens with zero attached hydrogens (tertiary/aromatic N) is 2. The van der Waals surface area contributed by atoms with Crippen molar-refractivity contribution >= 4 is 41.0 Å². The summed E-state index contributed by atoms with van der Waals surface area (Å²) in [5.41, 5.74) is 2.50. The molecule has 0 radical (unpaired) electrons. The molecule has 0 saturated carbocycles. The van der Waals surface area contributed by atoms with Gasteiger partial charge in [0.15, 0.2) is 16.6 Å². The Labute approximate surface area is 180 Å². The molecule has 1 heterocycles. The van der Waals surface area contributed by atoms with E-state index < -0.39 is 5.97 Å². The number of benzene rings is 2. The molecule has 2 aromatic rings. The molecule has 0 aliphatic carbocycles. The van der Waals surface area contributed by atoms with Crippen molar-refractivity contribution in [2.24, 2.45) is 0 Å². The zero-order valence-corrected chi connectivity index (χ0v) is 17.7. The number of anilines is 1. The molecule has 2 aromatic carbocycles. The van der Waals surface area contributed by atoms with Gasteiger partial charge >= 0.3 is 5.97 Å². The third-order valence-electron chi connectivity index (χ3n) is 4.76. The number of hydrogen-bond acceptors (Lipinski definition) is 6. The summed E-state index contributed by atoms with van der Waals surface area (Å²) < 4.78 is 9.81. The average molecular weight is 426 g/mol. The summed E-state index contributed by atoms with van der Waals surface area (Å²) in [6, 6.07) is 12.3. The predicted octanol–water partition coefficient (Wildman–Crippen LogP) is 3.11. The fourth-order valence-electron chi connectivity index (χ4n) is 3.09. The Hall–Kier alpha value is -3.39. The zero-order chi connectivity index (χ0) is 21.8. The van der Waals surface area contributed by atoms with Crippen molar-refractivity contribution in [3.63, 3.8) is 0 Å². The van der Waals surface area contributed by atoms with Crippen LogP contribution in [0, 0.1) is 0 Å². The largest absolute Gasteiger partial charge is 0.504 e. The lowest BCUT2D eigenvalue weighted by molar-refractivity contribution is -0.140. The summed E-state index contributed by atoms with van der Waals surface area (Å²) in [5, 5.41) is 10.2. The van der Waals surface area contributed by atoms with Gasteiger partial charge in [0.05, 0.1) is 19.9 Å². The number of methoxy groups -OCH3 is 2. The van der Waals surface area contributed by atoms with Crippen LogP contribution in [-0.4, -0.2) is 47.8 Å². The van der Waals surface area contributed by atoms with Gasteiger partial charge in [-0.05, 0) is 60.1 Å². The standard InChI is InChI=1S/C22H22N2O5S/c1-4-14-5-8-16(9-6-14)24-21(27)17(23(22(24)30)13-20(26)29-3)11-15-7-10-19(28-2)18(25)12-15/h5-12,25H,4,13H2,1-3H3. The van der Waals surface area contributed by atoms with E-state index in [-0.39, 0.29) is 29.0 Å². The monoisotopic (exact) mass is 426 g/mol. The number of carbonyl (C=O) groups excluding carboxylic acids is 2. The Morgan fingerprint density at radius 1 is 1.17 bits per heavy atom. The predicted molar refractivity (Wildman–Crippen MR) is 117 cm³/mol. The maximum absolute atomic E-state index is 13.3. The number of amides is 1. The Balaban J connectivity index is 2.03. The summed E-state index contributed by atoms with van der Waals surface area (Å²) in [5.74, 6) is -0.652. The first-order valence-electron chi connectivity index (χ1n) is 9.30. The van der Waals surface area contributed by atoms with Crippen molar-refractivity contribution < 1.29 is 24.2 Å². The number of ether oxygens (including phenoxy) is 2. The number of hydrogen-bond donors (Lipinski definition) is 1. The number of esters is 1. The van der Waals surface area contributed by atoms with E-state index in [9.17, 15) is 14.7 Å². The third kappa shape index (κ3) is 4.13. The first-order chi connectivity index (χ1) is 14.4. The summed E-state index contributed by atoms with van der Waals surface area (Å²) >= 11 is 5.52. The van der Waals surface area contributed by atoms with Crippen molar-refractivity contribution in [1.82, 2.24) is 4.90 Å². The lowest BCUT2D eigenvalue weighted by Crippen LogP contribution is -2.35. The molecule has 0 spiro atoms. The number of carbonyl (C=O) groups is 2. The van der Waals surface area contributed by atoms with Gasteiger partial charge < -0.3 is 19.5 Å². The van der Waals surface area contributed by atoms with Crippen LogP contribution in [0.25, 0.3) is 6.08 Å². The van der Waals surface area contributed by atoms with Gasteiger partial charge in [0, 0.05) is 0 Å². The topological polar surface area (TPSA) is 79.3 Å². The number of rotatable bonds is 6. The molecule has 1 N–H and O–H groups in total. The van der Waals surface area contributed by atoms with E-state index in [1.165, 1.54) is 30.1 Å². The molecule has 3 rings (SSSR count). The lowest BCUT2D eigenvalue weighted by Gasteiger charge is -2.19. The van der Waals surface area contributed by atoms with Crippen LogP contribution in [0.4, 0.5) is 5.69 Å². The van der Waals surface area contributed by atoms with Crippen LogP contribution in [0.2, 0.25) is 0 Å². The van der Waals surface area contributed by atoms with E-state index in [0.717, 1.165) is 12.0 Å². The highest BCUT2D eigenvalue weighted by Gasteiger charge is 2.40. The van der Waals surface area contributed by atoms with Crippen molar-refractivity contribution in [2.45, 2.75) is 13.3 Å². The molecular weight excluding hydrogens is 404 g/mol. The Bertz CT molecular complexity index is 1020. The summed E-state index contributed by atoms with van der Waals surface area (Å²) in [4.78, 5) is 28.0. The van der Waals surface area contributed by atoms with E-state index in [2.05, 4.69) is 0 Å². The van der Waals surface area contributed by atoms with Crippen LogP contribution in [-0.2, 0) is 20.7 Å². The highest BCUT2D eigenvalue weighted by molar-refractivity contribution is 7.80. The molecule has 0 bridgehead atoms. The van der Waals surface area contributed by atoms with Gasteiger partial charge in [-0.25, -0.2) is 0 Å². The van der Waals surface area contributed by atoms with E-state index in [1.54, 1.807) is 18.2 Å². The SMILES string of the molecule is CCc1ccc(N2C(=O)C(=Cc3ccc(OC)c(O)c3)N(CC(=O)OC)C2=S)cc1. The van der Waals surface area contributed by atoms with Crippen molar-refractivity contribution in [2.75, 3.05) is 25.7 Å². The molecule has 0 aromatic heterocycles. The molecule has 1 fully saturated rings. The molecule has 0 atom stereocenters. The molecule has 30 heavy (non-hydrogen) atoms. The minimum Gasteiger partial charge on any atom is -0.504 e. The second kappa shape index (κ2) is 8.96. The van der Waals surface area contributed by atoms with Crippen LogP contribution >= 0.6 is 12.2 Å². The average Bonchev–Trinajstić information content (AvgIpc) is 2.97. The number of phenolic OH excluding ortho intramolecular Hbond substituents is 1. The van der Waals surface area contributed by atoms with E-state index in [1.807, 2.05) is 31.2 Å². The fraction of sp³-hybridized carbons (Fsp3) is 0.227. The van der Waals surface area contributed by atoms with Gasteiger partial charge in [-0.15, -0.1) is 0 Å². The smallest absolute Gasteiger partial charge is 0.325 e. The second-order valence-electron chi connectivity index (χ2n) is 6.57. The molecular formula is C22H22N2O5S. The van der Waals surface area contributed by atoms with Gasteiger partial charge in [-0.3, -0.25) is 14.5 Å². The highest BCUT2D eigenvalue weighted by atomic mass is 32.1. The minimum absolute atomic E-state index is 0.0635. The minimum atomic E-state index is -0.531. The summed E-state index contributed by atoms with van der Waals surface area (Å²) in [6.07, 6.45) is 2.44. The number of thiocarbonyl (C=S) groups is 1. The third-order valence-corrected chi connectivity index (χ3v) is 5.16. The van der Waals surface area contributed by atoms with Crippen LogP contribution in [0.3, 0.4) is 0 Å². The van der Waals surface area contributed by atoms with Crippen LogP contribution in [0.15, 0.2) is 48.2 Å². The van der Waals surface area contributed by atoms with Crippen molar-refractivity contribution in [3.8, 4) is 11.5 Å². The van der Waals surface area contributed by atoms with Gasteiger partial charge in [0.2, 0.25) is 0 Å². The first-order valence-corrected chi connectivity index (χ1v) is 9.70. The Kier molecular flexibility index (Phi) is 6.37. The maximum Gasteiger partial charge on any atom is 0.325 e. The van der Waals surface area contributed by atoms with Crippen molar-refractivity contribution in [3.05, 3.63) is 59.3 Å². The molecule has 1 aliphatic rings. The van der Waals surface area contributed by atoms with Gasteiger partial charge in [-0.1, -0.05) is 25.1 Å². The maximum atomic E-state index is 13.3. The second-order valence-corrected chi connectivity index (χ2v) is 6.93. The molecule has 7 nitrogen and oxygen atoms in total. The number of aromatic hydroxyl groups is 1. The number of phenols is 1. The number of aryl methyl sites for hydroxylation is 1. The molecule has 1 saturated heterocycles. The quantitative estimate of drug-likeness (QED) is 0.432. The Morgan fingerprint density at radius 3 is 2.43 bits per heavy atom. The highest BCUT2D eigenvalue weighted by Crippen LogP contribution is 2.31. The normalized spacial score (nSPS) is 15.1. The Morgan fingerprint density at radius 2 is 1.87 bits per heavy atom. The zero-order valence-electron chi connectivity index (χ0n) is 16.9. The first kappa shape index (κ1) is 21.3.